The first-order valence-electron chi connectivity index (χ1n) is 6.35. The van der Waals surface area contributed by atoms with Crippen LogP contribution >= 0.6 is 0 Å². The monoisotopic (exact) mass is 247 g/mol. The van der Waals surface area contributed by atoms with Crippen molar-refractivity contribution in [3.05, 3.63) is 36.2 Å². The molecule has 18 heavy (non-hydrogen) atoms. The second kappa shape index (κ2) is 5.35. The molecule has 2 rings (SSSR count). The number of nitrogens with zero attached hydrogens (tertiary/aromatic N) is 4. The van der Waals surface area contributed by atoms with Gasteiger partial charge in [-0.15, -0.1) is 0 Å². The van der Waals surface area contributed by atoms with Crippen molar-refractivity contribution in [3.63, 3.8) is 0 Å². The lowest BCUT2D eigenvalue weighted by Gasteiger charge is -2.04. The molecule has 0 amide bonds. The van der Waals surface area contributed by atoms with E-state index in [9.17, 15) is 0 Å². The third-order valence-corrected chi connectivity index (χ3v) is 2.76. The number of rotatable bonds is 5. The molecule has 0 aliphatic rings. The lowest BCUT2D eigenvalue weighted by molar-refractivity contribution is 0.523. The van der Waals surface area contributed by atoms with Gasteiger partial charge in [-0.05, 0) is 26.8 Å². The molecule has 2 N–H and O–H groups in total. The fourth-order valence-electron chi connectivity index (χ4n) is 1.86. The summed E-state index contributed by atoms with van der Waals surface area (Å²) in [4.78, 5) is 4.34. The van der Waals surface area contributed by atoms with E-state index in [1.807, 2.05) is 41.0 Å². The molecular weight excluding hydrogens is 226 g/mol. The van der Waals surface area contributed by atoms with Crippen LogP contribution in [0.5, 0.6) is 0 Å². The summed E-state index contributed by atoms with van der Waals surface area (Å²) in [5.74, 6) is 0. The topological polar surface area (TPSA) is 61.7 Å². The van der Waals surface area contributed by atoms with Crippen LogP contribution in [-0.2, 0) is 13.0 Å². The van der Waals surface area contributed by atoms with Crippen LogP contribution in [0.15, 0.2) is 24.8 Å². The van der Waals surface area contributed by atoms with E-state index in [1.165, 1.54) is 0 Å². The molecule has 0 saturated carbocycles. The average molecular weight is 247 g/mol. The van der Waals surface area contributed by atoms with Crippen molar-refractivity contribution in [1.82, 2.24) is 19.3 Å². The third kappa shape index (κ3) is 3.20. The first kappa shape index (κ1) is 12.8. The molecule has 1 unspecified atom stereocenters. The van der Waals surface area contributed by atoms with Crippen molar-refractivity contribution in [2.75, 3.05) is 0 Å². The molecule has 0 aromatic carbocycles. The van der Waals surface area contributed by atoms with Crippen LogP contribution in [0.4, 0.5) is 0 Å². The van der Waals surface area contributed by atoms with Gasteiger partial charge in [-0.2, -0.15) is 5.10 Å². The second-order valence-corrected chi connectivity index (χ2v) is 5.10. The summed E-state index contributed by atoms with van der Waals surface area (Å²) < 4.78 is 4.01. The predicted octanol–water partition coefficient (Wildman–Crippen LogP) is 1.60. The van der Waals surface area contributed by atoms with E-state index >= 15 is 0 Å². The van der Waals surface area contributed by atoms with Crippen LogP contribution in [0.25, 0.3) is 0 Å². The highest BCUT2D eigenvalue weighted by molar-refractivity contribution is 5.04. The Labute approximate surface area is 108 Å². The van der Waals surface area contributed by atoms with Crippen LogP contribution in [0.2, 0.25) is 0 Å². The Hall–Kier alpha value is -1.62. The molecule has 2 aromatic rings. The molecule has 0 fully saturated rings. The summed E-state index contributed by atoms with van der Waals surface area (Å²) >= 11 is 0. The van der Waals surface area contributed by atoms with Crippen LogP contribution in [-0.4, -0.2) is 25.4 Å². The molecule has 98 valence electrons. The second-order valence-electron chi connectivity index (χ2n) is 5.10. The lowest BCUT2D eigenvalue weighted by atomic mass is 10.2. The molecule has 2 aromatic heterocycles. The quantitative estimate of drug-likeness (QED) is 0.873. The molecule has 0 spiro atoms. The van der Waals surface area contributed by atoms with Gasteiger partial charge in [0.15, 0.2) is 0 Å². The van der Waals surface area contributed by atoms with Gasteiger partial charge >= 0.3 is 0 Å². The third-order valence-electron chi connectivity index (χ3n) is 2.76. The number of hydrogen-bond donors (Lipinski definition) is 1. The Bertz CT molecular complexity index is 495. The summed E-state index contributed by atoms with van der Waals surface area (Å²) in [6.45, 7) is 6.98. The van der Waals surface area contributed by atoms with Crippen molar-refractivity contribution in [3.8, 4) is 0 Å². The maximum Gasteiger partial charge on any atom is 0.0953 e. The van der Waals surface area contributed by atoms with Crippen LogP contribution < -0.4 is 5.73 Å². The lowest BCUT2D eigenvalue weighted by Crippen LogP contribution is -2.17. The minimum atomic E-state index is 0.147. The highest BCUT2D eigenvalue weighted by atomic mass is 15.3. The minimum absolute atomic E-state index is 0.147. The van der Waals surface area contributed by atoms with Gasteiger partial charge in [0.2, 0.25) is 0 Å². The average Bonchev–Trinajstić information content (AvgIpc) is 2.88. The van der Waals surface area contributed by atoms with Gasteiger partial charge in [0.25, 0.3) is 0 Å². The van der Waals surface area contributed by atoms with Gasteiger partial charge in [0.1, 0.15) is 0 Å². The summed E-state index contributed by atoms with van der Waals surface area (Å²) in [5.41, 5.74) is 7.84. The van der Waals surface area contributed by atoms with Crippen molar-refractivity contribution in [1.29, 1.82) is 0 Å². The molecule has 2 heterocycles. The maximum atomic E-state index is 5.76. The molecule has 0 saturated heterocycles. The van der Waals surface area contributed by atoms with Gasteiger partial charge < -0.3 is 10.3 Å². The molecule has 0 aliphatic heterocycles. The van der Waals surface area contributed by atoms with E-state index in [0.717, 1.165) is 24.4 Å². The SMILES string of the molecule is CC(N)Cc1cn(Cc2ccn(C(C)C)n2)cn1. The molecule has 0 bridgehead atoms. The summed E-state index contributed by atoms with van der Waals surface area (Å²) in [5, 5.41) is 4.52. The highest BCUT2D eigenvalue weighted by Crippen LogP contribution is 2.07. The Morgan fingerprint density at radius 3 is 2.67 bits per heavy atom. The highest BCUT2D eigenvalue weighted by Gasteiger charge is 2.05. The van der Waals surface area contributed by atoms with Gasteiger partial charge in [0.05, 0.1) is 24.3 Å². The van der Waals surface area contributed by atoms with Gasteiger partial charge in [0, 0.05) is 30.9 Å². The van der Waals surface area contributed by atoms with Crippen molar-refractivity contribution >= 4 is 0 Å². The normalized spacial score (nSPS) is 13.2. The van der Waals surface area contributed by atoms with Gasteiger partial charge in [-0.3, -0.25) is 4.68 Å². The summed E-state index contributed by atoms with van der Waals surface area (Å²) in [6, 6.07) is 2.59. The molecule has 0 radical (unpaired) electrons. The Morgan fingerprint density at radius 2 is 2.06 bits per heavy atom. The van der Waals surface area contributed by atoms with E-state index in [0.29, 0.717) is 6.04 Å². The molecule has 5 nitrogen and oxygen atoms in total. The van der Waals surface area contributed by atoms with E-state index in [4.69, 9.17) is 5.73 Å². The Kier molecular flexibility index (Phi) is 3.81. The van der Waals surface area contributed by atoms with Crippen molar-refractivity contribution in [2.45, 2.75) is 45.8 Å². The number of hydrogen-bond acceptors (Lipinski definition) is 3. The zero-order valence-corrected chi connectivity index (χ0v) is 11.2. The van der Waals surface area contributed by atoms with E-state index in [1.54, 1.807) is 0 Å². The zero-order valence-electron chi connectivity index (χ0n) is 11.2. The predicted molar refractivity (Wildman–Crippen MR) is 71.3 cm³/mol. The van der Waals surface area contributed by atoms with E-state index in [2.05, 4.69) is 23.9 Å². The molecule has 5 heteroatoms. The molecular formula is C13H21N5. The fraction of sp³-hybridized carbons (Fsp3) is 0.538. The maximum absolute atomic E-state index is 5.76. The standard InChI is InChI=1S/C13H21N5/c1-10(2)18-5-4-12(16-18)7-17-8-13(15-9-17)6-11(3)14/h4-5,8-11H,6-7,14H2,1-3H3. The van der Waals surface area contributed by atoms with Gasteiger partial charge in [-0.25, -0.2) is 4.98 Å². The van der Waals surface area contributed by atoms with Crippen molar-refractivity contribution < 1.29 is 0 Å². The summed E-state index contributed by atoms with van der Waals surface area (Å²) in [6.07, 6.45) is 6.71. The zero-order chi connectivity index (χ0) is 13.1. The number of aromatic nitrogens is 4. The number of nitrogens with two attached hydrogens (primary N) is 1. The van der Waals surface area contributed by atoms with Crippen LogP contribution in [0.3, 0.4) is 0 Å². The first-order valence-corrected chi connectivity index (χ1v) is 6.35. The molecule has 0 aliphatic carbocycles. The van der Waals surface area contributed by atoms with Crippen LogP contribution in [0.1, 0.15) is 38.2 Å². The van der Waals surface area contributed by atoms with Crippen LogP contribution in [0, 0.1) is 0 Å². The largest absolute Gasteiger partial charge is 0.331 e. The van der Waals surface area contributed by atoms with Crippen molar-refractivity contribution in [2.24, 2.45) is 5.73 Å². The Balaban J connectivity index is 2.02. The van der Waals surface area contributed by atoms with Gasteiger partial charge in [-0.1, -0.05) is 0 Å². The number of imidazole rings is 1. The summed E-state index contributed by atoms with van der Waals surface area (Å²) in [7, 11) is 0. The fourth-order valence-corrected chi connectivity index (χ4v) is 1.86. The molecule has 1 atom stereocenters. The van der Waals surface area contributed by atoms with E-state index < -0.39 is 0 Å². The minimum Gasteiger partial charge on any atom is -0.331 e. The van der Waals surface area contributed by atoms with E-state index in [-0.39, 0.29) is 6.04 Å². The smallest absolute Gasteiger partial charge is 0.0953 e. The first-order chi connectivity index (χ1) is 8.54. The Morgan fingerprint density at radius 1 is 1.28 bits per heavy atom.